The van der Waals surface area contributed by atoms with Crippen LogP contribution in [0.3, 0.4) is 0 Å². The quantitative estimate of drug-likeness (QED) is 0.834. The summed E-state index contributed by atoms with van der Waals surface area (Å²) >= 11 is 3.50. The Balaban J connectivity index is 1.94. The fourth-order valence-electron chi connectivity index (χ4n) is 2.69. The van der Waals surface area contributed by atoms with E-state index in [4.69, 9.17) is 0 Å². The van der Waals surface area contributed by atoms with E-state index in [0.29, 0.717) is 0 Å². The number of carbonyl (C=O) groups excluding carboxylic acids is 1. The SMILES string of the molecule is CCC(NC(=O)C(Br)c1ccccc1)N1CCCCC1. The van der Waals surface area contributed by atoms with Crippen molar-refractivity contribution in [3.8, 4) is 0 Å². The largest absolute Gasteiger partial charge is 0.339 e. The highest BCUT2D eigenvalue weighted by molar-refractivity contribution is 9.09. The Morgan fingerprint density at radius 3 is 2.50 bits per heavy atom. The van der Waals surface area contributed by atoms with Gasteiger partial charge in [-0.05, 0) is 24.8 Å². The van der Waals surface area contributed by atoms with Crippen molar-refractivity contribution >= 4 is 21.8 Å². The molecule has 0 saturated carbocycles. The van der Waals surface area contributed by atoms with Crippen molar-refractivity contribution in [1.82, 2.24) is 10.2 Å². The topological polar surface area (TPSA) is 32.3 Å². The minimum Gasteiger partial charge on any atom is -0.339 e. The van der Waals surface area contributed by atoms with Gasteiger partial charge >= 0.3 is 0 Å². The van der Waals surface area contributed by atoms with Crippen LogP contribution >= 0.6 is 15.9 Å². The zero-order chi connectivity index (χ0) is 14.4. The average Bonchev–Trinajstić information content (AvgIpc) is 2.53. The summed E-state index contributed by atoms with van der Waals surface area (Å²) in [6, 6.07) is 9.82. The molecule has 2 atom stereocenters. The minimum atomic E-state index is -0.275. The van der Waals surface area contributed by atoms with Gasteiger partial charge in [0.05, 0.1) is 6.17 Å². The number of carbonyl (C=O) groups is 1. The molecule has 1 heterocycles. The first-order chi connectivity index (χ1) is 9.72. The van der Waals surface area contributed by atoms with Gasteiger partial charge in [0.15, 0.2) is 0 Å². The lowest BCUT2D eigenvalue weighted by molar-refractivity contribution is -0.122. The minimum absolute atomic E-state index is 0.0497. The van der Waals surface area contributed by atoms with Crippen LogP contribution in [0.5, 0.6) is 0 Å². The smallest absolute Gasteiger partial charge is 0.239 e. The Morgan fingerprint density at radius 1 is 1.25 bits per heavy atom. The maximum absolute atomic E-state index is 12.4. The Kier molecular flexibility index (Phi) is 6.05. The van der Waals surface area contributed by atoms with E-state index in [-0.39, 0.29) is 16.9 Å². The summed E-state index contributed by atoms with van der Waals surface area (Å²) in [7, 11) is 0. The van der Waals surface area contributed by atoms with Gasteiger partial charge in [0.1, 0.15) is 4.83 Å². The van der Waals surface area contributed by atoms with Gasteiger partial charge in [-0.2, -0.15) is 0 Å². The average molecular weight is 339 g/mol. The van der Waals surface area contributed by atoms with Gasteiger partial charge in [-0.15, -0.1) is 0 Å². The summed E-state index contributed by atoms with van der Waals surface area (Å²) < 4.78 is 0. The molecule has 1 aliphatic rings. The number of piperidine rings is 1. The van der Waals surface area contributed by atoms with E-state index >= 15 is 0 Å². The first-order valence-electron chi connectivity index (χ1n) is 7.46. The lowest BCUT2D eigenvalue weighted by atomic mass is 10.1. The van der Waals surface area contributed by atoms with Crippen LogP contribution < -0.4 is 5.32 Å². The molecule has 1 aromatic carbocycles. The summed E-state index contributed by atoms with van der Waals surface area (Å²) in [6.45, 7) is 4.32. The fraction of sp³-hybridized carbons (Fsp3) is 0.562. The molecule has 0 aliphatic carbocycles. The first kappa shape index (κ1) is 15.5. The van der Waals surface area contributed by atoms with Gasteiger partial charge < -0.3 is 5.32 Å². The van der Waals surface area contributed by atoms with Crippen molar-refractivity contribution < 1.29 is 4.79 Å². The number of nitrogens with one attached hydrogen (secondary N) is 1. The zero-order valence-electron chi connectivity index (χ0n) is 12.0. The molecule has 20 heavy (non-hydrogen) atoms. The second kappa shape index (κ2) is 7.79. The molecule has 1 N–H and O–H groups in total. The van der Waals surface area contributed by atoms with Crippen LogP contribution in [-0.2, 0) is 4.79 Å². The normalized spacial score (nSPS) is 19.3. The molecule has 1 amide bonds. The molecular formula is C16H23BrN2O. The first-order valence-corrected chi connectivity index (χ1v) is 8.37. The molecule has 1 aliphatic heterocycles. The van der Waals surface area contributed by atoms with Crippen molar-refractivity contribution in [2.75, 3.05) is 13.1 Å². The van der Waals surface area contributed by atoms with Gasteiger partial charge in [0.25, 0.3) is 0 Å². The molecule has 1 fully saturated rings. The van der Waals surface area contributed by atoms with E-state index in [0.717, 1.165) is 25.1 Å². The van der Waals surface area contributed by atoms with E-state index in [9.17, 15) is 4.79 Å². The molecule has 2 rings (SSSR count). The summed E-state index contributed by atoms with van der Waals surface area (Å²) in [5, 5.41) is 3.17. The van der Waals surface area contributed by atoms with E-state index in [1.807, 2.05) is 30.3 Å². The van der Waals surface area contributed by atoms with Crippen LogP contribution in [0.1, 0.15) is 43.0 Å². The molecule has 2 unspecified atom stereocenters. The molecule has 0 radical (unpaired) electrons. The van der Waals surface area contributed by atoms with Crippen molar-refractivity contribution in [3.05, 3.63) is 35.9 Å². The predicted octanol–water partition coefficient (Wildman–Crippen LogP) is 3.46. The molecule has 1 aromatic rings. The van der Waals surface area contributed by atoms with Crippen LogP contribution in [-0.4, -0.2) is 30.1 Å². The lowest BCUT2D eigenvalue weighted by Gasteiger charge is -2.34. The van der Waals surface area contributed by atoms with Crippen LogP contribution in [0, 0.1) is 0 Å². The van der Waals surface area contributed by atoms with Gasteiger partial charge in [-0.3, -0.25) is 9.69 Å². The Bertz CT molecular complexity index is 418. The number of rotatable bonds is 5. The number of benzene rings is 1. The van der Waals surface area contributed by atoms with E-state index in [1.165, 1.54) is 19.3 Å². The molecular weight excluding hydrogens is 316 g/mol. The number of nitrogens with zero attached hydrogens (tertiary/aromatic N) is 1. The maximum Gasteiger partial charge on any atom is 0.239 e. The third-order valence-corrected chi connectivity index (χ3v) is 4.79. The summed E-state index contributed by atoms with van der Waals surface area (Å²) in [4.78, 5) is 14.5. The monoisotopic (exact) mass is 338 g/mol. The number of halogens is 1. The summed E-state index contributed by atoms with van der Waals surface area (Å²) in [5.41, 5.74) is 0.999. The van der Waals surface area contributed by atoms with Crippen LogP contribution in [0.4, 0.5) is 0 Å². The number of likely N-dealkylation sites (tertiary alicyclic amines) is 1. The summed E-state index contributed by atoms with van der Waals surface area (Å²) in [6.07, 6.45) is 4.89. The number of amides is 1. The highest BCUT2D eigenvalue weighted by Gasteiger charge is 2.24. The standard InChI is InChI=1S/C16H23BrN2O/c1-2-14(19-11-7-4-8-12-19)18-16(20)15(17)13-9-5-3-6-10-13/h3,5-6,9-10,14-15H,2,4,7-8,11-12H2,1H3,(H,18,20). The van der Waals surface area contributed by atoms with E-state index in [2.05, 4.69) is 33.1 Å². The fourth-order valence-corrected chi connectivity index (χ4v) is 3.13. The molecule has 4 heteroatoms. The molecule has 1 saturated heterocycles. The third-order valence-electron chi connectivity index (χ3n) is 3.85. The molecule has 0 bridgehead atoms. The number of hydrogen-bond acceptors (Lipinski definition) is 2. The van der Waals surface area contributed by atoms with Crippen molar-refractivity contribution in [1.29, 1.82) is 0 Å². The summed E-state index contributed by atoms with van der Waals surface area (Å²) in [5.74, 6) is 0.0497. The highest BCUT2D eigenvalue weighted by atomic mass is 79.9. The Morgan fingerprint density at radius 2 is 1.90 bits per heavy atom. The van der Waals surface area contributed by atoms with Crippen molar-refractivity contribution in [2.45, 2.75) is 43.6 Å². The molecule has 0 spiro atoms. The van der Waals surface area contributed by atoms with Gasteiger partial charge in [0, 0.05) is 13.1 Å². The van der Waals surface area contributed by atoms with Gasteiger partial charge in [-0.25, -0.2) is 0 Å². The molecule has 3 nitrogen and oxygen atoms in total. The van der Waals surface area contributed by atoms with Crippen molar-refractivity contribution in [2.24, 2.45) is 0 Å². The van der Waals surface area contributed by atoms with Gasteiger partial charge in [-0.1, -0.05) is 59.6 Å². The van der Waals surface area contributed by atoms with Gasteiger partial charge in [0.2, 0.25) is 5.91 Å². The maximum atomic E-state index is 12.4. The predicted molar refractivity (Wildman–Crippen MR) is 85.8 cm³/mol. The second-order valence-electron chi connectivity index (χ2n) is 5.30. The second-order valence-corrected chi connectivity index (χ2v) is 6.22. The molecule has 0 aromatic heterocycles. The Labute approximate surface area is 129 Å². The number of hydrogen-bond donors (Lipinski definition) is 1. The van der Waals surface area contributed by atoms with Crippen LogP contribution in [0.15, 0.2) is 30.3 Å². The van der Waals surface area contributed by atoms with Crippen LogP contribution in [0.2, 0.25) is 0 Å². The third kappa shape index (κ3) is 4.06. The van der Waals surface area contributed by atoms with Crippen LogP contribution in [0.25, 0.3) is 0 Å². The Hall–Kier alpha value is -0.870. The highest BCUT2D eigenvalue weighted by Crippen LogP contribution is 2.23. The number of alkyl halides is 1. The molecule has 110 valence electrons. The zero-order valence-corrected chi connectivity index (χ0v) is 13.6. The van der Waals surface area contributed by atoms with Crippen molar-refractivity contribution in [3.63, 3.8) is 0 Å². The van der Waals surface area contributed by atoms with E-state index < -0.39 is 0 Å². The lowest BCUT2D eigenvalue weighted by Crippen LogP contribution is -2.50. The van der Waals surface area contributed by atoms with E-state index in [1.54, 1.807) is 0 Å².